The first-order valence-electron chi connectivity index (χ1n) is 8.15. The maximum absolute atomic E-state index is 12.4. The molecule has 25 heavy (non-hydrogen) atoms. The second-order valence-corrected chi connectivity index (χ2v) is 8.52. The number of benzene rings is 2. The maximum Gasteiger partial charge on any atom is 0.240 e. The first kappa shape index (κ1) is 18.0. The highest BCUT2D eigenvalue weighted by atomic mass is 35.5. The summed E-state index contributed by atoms with van der Waals surface area (Å²) in [5, 5.41) is 19.9. The topological polar surface area (TPSA) is 86.6 Å². The molecule has 1 saturated carbocycles. The van der Waals surface area contributed by atoms with Gasteiger partial charge in [-0.15, -0.1) is 0 Å². The van der Waals surface area contributed by atoms with Gasteiger partial charge in [-0.3, -0.25) is 0 Å². The van der Waals surface area contributed by atoms with Crippen molar-refractivity contribution >= 4 is 21.6 Å². The van der Waals surface area contributed by atoms with Crippen molar-refractivity contribution in [1.29, 1.82) is 0 Å². The molecule has 1 aliphatic rings. The first-order valence-corrected chi connectivity index (χ1v) is 10.0. The number of aromatic hydroxyl groups is 2. The molecule has 2 aromatic carbocycles. The highest BCUT2D eigenvalue weighted by Crippen LogP contribution is 2.38. The van der Waals surface area contributed by atoms with E-state index in [0.717, 1.165) is 18.4 Å². The summed E-state index contributed by atoms with van der Waals surface area (Å²) in [5.74, 6) is 0.285. The van der Waals surface area contributed by atoms with Crippen LogP contribution in [0.2, 0.25) is 5.02 Å². The fourth-order valence-corrected chi connectivity index (χ4v) is 4.73. The molecule has 0 aromatic heterocycles. The largest absolute Gasteiger partial charge is 0.508 e. The van der Waals surface area contributed by atoms with Gasteiger partial charge in [0.25, 0.3) is 0 Å². The third-order valence-corrected chi connectivity index (χ3v) is 6.42. The molecule has 3 N–H and O–H groups in total. The van der Waals surface area contributed by atoms with Gasteiger partial charge >= 0.3 is 0 Å². The number of sulfonamides is 1. The van der Waals surface area contributed by atoms with E-state index in [1.807, 2.05) is 0 Å². The average Bonchev–Trinajstić information content (AvgIpc) is 2.56. The molecule has 0 saturated heterocycles. The lowest BCUT2D eigenvalue weighted by Gasteiger charge is -2.29. The number of hydrogen-bond donors (Lipinski definition) is 3. The zero-order valence-electron chi connectivity index (χ0n) is 13.5. The van der Waals surface area contributed by atoms with Crippen LogP contribution in [0.5, 0.6) is 11.5 Å². The van der Waals surface area contributed by atoms with Crippen LogP contribution in [0.25, 0.3) is 0 Å². The van der Waals surface area contributed by atoms with E-state index in [1.165, 1.54) is 18.2 Å². The van der Waals surface area contributed by atoms with Crippen LogP contribution in [0.4, 0.5) is 0 Å². The van der Waals surface area contributed by atoms with Crippen molar-refractivity contribution in [3.05, 3.63) is 53.1 Å². The molecule has 0 atom stereocenters. The van der Waals surface area contributed by atoms with Crippen LogP contribution >= 0.6 is 11.6 Å². The highest BCUT2D eigenvalue weighted by Gasteiger charge is 2.27. The molecule has 0 radical (unpaired) electrons. The van der Waals surface area contributed by atoms with Crippen LogP contribution < -0.4 is 4.72 Å². The van der Waals surface area contributed by atoms with Crippen molar-refractivity contribution in [3.63, 3.8) is 0 Å². The van der Waals surface area contributed by atoms with Gasteiger partial charge in [-0.2, -0.15) is 0 Å². The lowest BCUT2D eigenvalue weighted by atomic mass is 9.81. The third-order valence-electron chi connectivity index (χ3n) is 4.63. The fourth-order valence-electron chi connectivity index (χ4n) is 3.30. The molecular formula is C18H20ClNO4S. The number of rotatable bonds is 4. The first-order chi connectivity index (χ1) is 11.8. The maximum atomic E-state index is 12.4. The Morgan fingerprint density at radius 3 is 2.20 bits per heavy atom. The van der Waals surface area contributed by atoms with E-state index in [2.05, 4.69) is 4.72 Å². The summed E-state index contributed by atoms with van der Waals surface area (Å²) < 4.78 is 27.6. The summed E-state index contributed by atoms with van der Waals surface area (Å²) in [4.78, 5) is 0.204. The molecule has 7 heteroatoms. The predicted octanol–water partition coefficient (Wildman–Crippen LogP) is 3.76. The van der Waals surface area contributed by atoms with E-state index >= 15 is 0 Å². The smallest absolute Gasteiger partial charge is 0.240 e. The van der Waals surface area contributed by atoms with E-state index in [-0.39, 0.29) is 28.4 Å². The molecule has 3 rings (SSSR count). The Labute approximate surface area is 152 Å². The van der Waals surface area contributed by atoms with Crippen LogP contribution in [0.1, 0.15) is 37.2 Å². The quantitative estimate of drug-likeness (QED) is 0.752. The van der Waals surface area contributed by atoms with Gasteiger partial charge in [0, 0.05) is 17.1 Å². The Morgan fingerprint density at radius 1 is 0.960 bits per heavy atom. The van der Waals surface area contributed by atoms with E-state index in [1.54, 1.807) is 24.3 Å². The highest BCUT2D eigenvalue weighted by molar-refractivity contribution is 7.89. The van der Waals surface area contributed by atoms with Crippen LogP contribution in [-0.2, 0) is 10.0 Å². The standard InChI is InChI=1S/C18H20ClNO4S/c19-13-3-8-16(9-4-13)25(23,24)20-14-5-1-12(2-6-14)17-10-7-15(21)11-18(17)22/h3-4,7-12,14,20-22H,1-2,5-6H2. The minimum Gasteiger partial charge on any atom is -0.508 e. The molecule has 0 spiro atoms. The van der Waals surface area contributed by atoms with Gasteiger partial charge < -0.3 is 10.2 Å². The Hall–Kier alpha value is -1.76. The molecule has 0 amide bonds. The molecular weight excluding hydrogens is 362 g/mol. The minimum absolute atomic E-state index is 0.0330. The Balaban J connectivity index is 1.63. The Kier molecular flexibility index (Phi) is 5.22. The third kappa shape index (κ3) is 4.26. The van der Waals surface area contributed by atoms with Crippen LogP contribution in [0, 0.1) is 0 Å². The van der Waals surface area contributed by atoms with Crippen molar-refractivity contribution in [1.82, 2.24) is 4.72 Å². The molecule has 0 heterocycles. The van der Waals surface area contributed by atoms with Gasteiger partial charge in [0.05, 0.1) is 4.90 Å². The summed E-state index contributed by atoms with van der Waals surface area (Å²) in [7, 11) is -3.56. The number of nitrogens with one attached hydrogen (secondary N) is 1. The second kappa shape index (κ2) is 7.23. The molecule has 1 aliphatic carbocycles. The van der Waals surface area contributed by atoms with Gasteiger partial charge in [-0.05, 0) is 67.5 Å². The van der Waals surface area contributed by atoms with Crippen molar-refractivity contribution < 1.29 is 18.6 Å². The van der Waals surface area contributed by atoms with E-state index in [4.69, 9.17) is 11.6 Å². The molecule has 1 fully saturated rings. The van der Waals surface area contributed by atoms with Crippen molar-refractivity contribution in [2.45, 2.75) is 42.5 Å². The van der Waals surface area contributed by atoms with E-state index in [0.29, 0.717) is 17.9 Å². The number of phenols is 2. The lowest BCUT2D eigenvalue weighted by Crippen LogP contribution is -2.37. The summed E-state index contributed by atoms with van der Waals surface area (Å²) in [5.41, 5.74) is 0.803. The van der Waals surface area contributed by atoms with Crippen LogP contribution in [0.15, 0.2) is 47.4 Å². The fraction of sp³-hybridized carbons (Fsp3) is 0.333. The zero-order valence-corrected chi connectivity index (χ0v) is 15.1. The normalized spacial score (nSPS) is 21.2. The lowest BCUT2D eigenvalue weighted by molar-refractivity contribution is 0.362. The number of hydrogen-bond acceptors (Lipinski definition) is 4. The zero-order chi connectivity index (χ0) is 18.0. The van der Waals surface area contributed by atoms with E-state index < -0.39 is 10.0 Å². The summed E-state index contributed by atoms with van der Waals surface area (Å²) in [6.45, 7) is 0. The molecule has 0 bridgehead atoms. The number of halogens is 1. The molecule has 0 unspecified atom stereocenters. The summed E-state index contributed by atoms with van der Waals surface area (Å²) >= 11 is 5.80. The predicted molar refractivity (Wildman–Crippen MR) is 96.5 cm³/mol. The van der Waals surface area contributed by atoms with Gasteiger partial charge in [-0.1, -0.05) is 17.7 Å². The second-order valence-electron chi connectivity index (χ2n) is 6.37. The van der Waals surface area contributed by atoms with Crippen LogP contribution in [-0.4, -0.2) is 24.7 Å². The summed E-state index contributed by atoms with van der Waals surface area (Å²) in [6, 6.07) is 10.6. The molecule has 2 aromatic rings. The van der Waals surface area contributed by atoms with Gasteiger partial charge in [0.15, 0.2) is 0 Å². The van der Waals surface area contributed by atoms with Gasteiger partial charge in [-0.25, -0.2) is 13.1 Å². The van der Waals surface area contributed by atoms with Gasteiger partial charge in [0.1, 0.15) is 11.5 Å². The summed E-state index contributed by atoms with van der Waals surface area (Å²) in [6.07, 6.45) is 2.92. The molecule has 5 nitrogen and oxygen atoms in total. The van der Waals surface area contributed by atoms with Crippen LogP contribution in [0.3, 0.4) is 0 Å². The van der Waals surface area contributed by atoms with Crippen molar-refractivity contribution in [2.75, 3.05) is 0 Å². The molecule has 134 valence electrons. The Morgan fingerprint density at radius 2 is 1.60 bits per heavy atom. The van der Waals surface area contributed by atoms with E-state index in [9.17, 15) is 18.6 Å². The Bertz CT molecular complexity index is 844. The minimum atomic E-state index is -3.56. The van der Waals surface area contributed by atoms with Crippen molar-refractivity contribution in [3.8, 4) is 11.5 Å². The van der Waals surface area contributed by atoms with Gasteiger partial charge in [0.2, 0.25) is 10.0 Å². The molecule has 0 aliphatic heterocycles. The van der Waals surface area contributed by atoms with Crippen molar-refractivity contribution in [2.24, 2.45) is 0 Å². The SMILES string of the molecule is O=S(=O)(NC1CCC(c2ccc(O)cc2O)CC1)c1ccc(Cl)cc1. The number of phenolic OH excluding ortho intramolecular Hbond substituents is 2. The average molecular weight is 382 g/mol. The monoisotopic (exact) mass is 381 g/mol.